The van der Waals surface area contributed by atoms with Crippen LogP contribution in [0.15, 0.2) is 18.2 Å². The Labute approximate surface area is 119 Å². The van der Waals surface area contributed by atoms with Gasteiger partial charge in [-0.25, -0.2) is 8.78 Å². The Morgan fingerprint density at radius 1 is 1.35 bits per heavy atom. The average molecular weight is 283 g/mol. The molecule has 0 aromatic heterocycles. The summed E-state index contributed by atoms with van der Waals surface area (Å²) in [4.78, 5) is 0. The molecule has 1 aromatic rings. The lowest BCUT2D eigenvalue weighted by Crippen LogP contribution is -2.32. The molecule has 1 aromatic carbocycles. The topological polar surface area (TPSA) is 21.3 Å². The summed E-state index contributed by atoms with van der Waals surface area (Å²) in [6.07, 6.45) is 4.77. The Kier molecular flexibility index (Phi) is 5.92. The van der Waals surface area contributed by atoms with Gasteiger partial charge in [0.2, 0.25) is 0 Å². The van der Waals surface area contributed by atoms with Gasteiger partial charge in [-0.15, -0.1) is 0 Å². The van der Waals surface area contributed by atoms with E-state index in [4.69, 9.17) is 4.74 Å². The Bertz CT molecular complexity index is 399. The Morgan fingerprint density at radius 2 is 2.10 bits per heavy atom. The van der Waals surface area contributed by atoms with Gasteiger partial charge >= 0.3 is 0 Å². The molecule has 0 radical (unpaired) electrons. The highest BCUT2D eigenvalue weighted by Crippen LogP contribution is 2.20. The second kappa shape index (κ2) is 7.70. The molecule has 112 valence electrons. The average Bonchev–Trinajstić information content (AvgIpc) is 2.93. The van der Waals surface area contributed by atoms with Gasteiger partial charge in [-0.2, -0.15) is 0 Å². The molecule has 0 bridgehead atoms. The van der Waals surface area contributed by atoms with E-state index in [1.807, 2.05) is 6.92 Å². The predicted octanol–water partition coefficient (Wildman–Crippen LogP) is 3.44. The van der Waals surface area contributed by atoms with Gasteiger partial charge < -0.3 is 10.1 Å². The van der Waals surface area contributed by atoms with Crippen molar-refractivity contribution in [2.45, 2.75) is 51.2 Å². The molecular weight excluding hydrogens is 260 g/mol. The van der Waals surface area contributed by atoms with Crippen LogP contribution in [0.4, 0.5) is 8.78 Å². The van der Waals surface area contributed by atoms with Crippen LogP contribution in [0.2, 0.25) is 0 Å². The van der Waals surface area contributed by atoms with Crippen LogP contribution >= 0.6 is 0 Å². The van der Waals surface area contributed by atoms with Crippen molar-refractivity contribution in [3.05, 3.63) is 35.4 Å². The van der Waals surface area contributed by atoms with Crippen molar-refractivity contribution in [3.63, 3.8) is 0 Å². The Balaban J connectivity index is 1.93. The quantitative estimate of drug-likeness (QED) is 0.827. The summed E-state index contributed by atoms with van der Waals surface area (Å²) in [6.45, 7) is 3.65. The SMILES string of the molecule is CCNC(CCC1CCCO1)Cc1c(F)cccc1F. The molecule has 20 heavy (non-hydrogen) atoms. The minimum atomic E-state index is -0.454. The first kappa shape index (κ1) is 15.4. The third kappa shape index (κ3) is 4.25. The number of rotatable bonds is 7. The maximum absolute atomic E-state index is 13.7. The number of hydrogen-bond donors (Lipinski definition) is 1. The van der Waals surface area contributed by atoms with Crippen molar-refractivity contribution in [1.82, 2.24) is 5.32 Å². The standard InChI is InChI=1S/C16H23F2NO/c1-2-19-12(8-9-13-5-4-10-20-13)11-14-15(17)6-3-7-16(14)18/h3,6-7,12-13,19H,2,4-5,8-11H2,1H3. The summed E-state index contributed by atoms with van der Waals surface area (Å²) in [7, 11) is 0. The van der Waals surface area contributed by atoms with Crippen LogP contribution in [0.3, 0.4) is 0 Å². The highest BCUT2D eigenvalue weighted by Gasteiger charge is 2.19. The van der Waals surface area contributed by atoms with Crippen LogP contribution in [0.1, 0.15) is 38.2 Å². The molecule has 1 aliphatic heterocycles. The second-order valence-corrected chi connectivity index (χ2v) is 5.37. The highest BCUT2D eigenvalue weighted by atomic mass is 19.1. The first-order chi connectivity index (χ1) is 9.70. The summed E-state index contributed by atoms with van der Waals surface area (Å²) in [5, 5.41) is 3.32. The van der Waals surface area contributed by atoms with E-state index in [9.17, 15) is 8.78 Å². The molecule has 1 N–H and O–H groups in total. The lowest BCUT2D eigenvalue weighted by atomic mass is 9.98. The molecule has 2 unspecified atom stereocenters. The molecule has 1 fully saturated rings. The predicted molar refractivity (Wildman–Crippen MR) is 75.7 cm³/mol. The van der Waals surface area contributed by atoms with E-state index in [0.717, 1.165) is 38.8 Å². The van der Waals surface area contributed by atoms with E-state index in [1.165, 1.54) is 18.2 Å². The number of likely N-dealkylation sites (N-methyl/N-ethyl adjacent to an activating group) is 1. The highest BCUT2D eigenvalue weighted by molar-refractivity contribution is 5.20. The molecule has 0 spiro atoms. The number of hydrogen-bond acceptors (Lipinski definition) is 2. The third-order valence-corrected chi connectivity index (χ3v) is 3.87. The molecule has 2 nitrogen and oxygen atoms in total. The number of ether oxygens (including phenoxy) is 1. The van der Waals surface area contributed by atoms with E-state index in [2.05, 4.69) is 5.32 Å². The van der Waals surface area contributed by atoms with E-state index in [1.54, 1.807) is 0 Å². The van der Waals surface area contributed by atoms with Gasteiger partial charge in [-0.3, -0.25) is 0 Å². The fourth-order valence-corrected chi connectivity index (χ4v) is 2.80. The van der Waals surface area contributed by atoms with Gasteiger partial charge in [0.15, 0.2) is 0 Å². The molecule has 0 saturated carbocycles. The first-order valence-electron chi connectivity index (χ1n) is 7.48. The van der Waals surface area contributed by atoms with Gasteiger partial charge in [0.1, 0.15) is 11.6 Å². The molecule has 1 saturated heterocycles. The smallest absolute Gasteiger partial charge is 0.129 e. The Morgan fingerprint density at radius 3 is 2.70 bits per heavy atom. The summed E-state index contributed by atoms with van der Waals surface area (Å²) < 4.78 is 33.0. The van der Waals surface area contributed by atoms with E-state index < -0.39 is 11.6 Å². The zero-order valence-corrected chi connectivity index (χ0v) is 12.0. The summed E-state index contributed by atoms with van der Waals surface area (Å²) >= 11 is 0. The van der Waals surface area contributed by atoms with Gasteiger partial charge in [-0.1, -0.05) is 13.0 Å². The van der Waals surface area contributed by atoms with Crippen LogP contribution in [-0.2, 0) is 11.2 Å². The maximum atomic E-state index is 13.7. The minimum absolute atomic E-state index is 0.0931. The first-order valence-corrected chi connectivity index (χ1v) is 7.48. The fraction of sp³-hybridized carbons (Fsp3) is 0.625. The Hall–Kier alpha value is -1.00. The van der Waals surface area contributed by atoms with Crippen molar-refractivity contribution in [2.75, 3.05) is 13.2 Å². The van der Waals surface area contributed by atoms with E-state index in [-0.39, 0.29) is 11.6 Å². The zero-order chi connectivity index (χ0) is 14.4. The maximum Gasteiger partial charge on any atom is 0.129 e. The third-order valence-electron chi connectivity index (χ3n) is 3.87. The molecule has 2 rings (SSSR count). The normalized spacial score (nSPS) is 20.2. The molecule has 0 aliphatic carbocycles. The van der Waals surface area contributed by atoms with Crippen molar-refractivity contribution in [2.24, 2.45) is 0 Å². The van der Waals surface area contributed by atoms with Crippen molar-refractivity contribution in [1.29, 1.82) is 0 Å². The van der Waals surface area contributed by atoms with E-state index in [0.29, 0.717) is 12.5 Å². The number of nitrogens with one attached hydrogen (secondary N) is 1. The number of benzene rings is 1. The molecule has 1 heterocycles. The van der Waals surface area contributed by atoms with Crippen LogP contribution in [-0.4, -0.2) is 25.3 Å². The second-order valence-electron chi connectivity index (χ2n) is 5.37. The largest absolute Gasteiger partial charge is 0.378 e. The van der Waals surface area contributed by atoms with E-state index >= 15 is 0 Å². The molecule has 4 heteroatoms. The van der Waals surface area contributed by atoms with Gasteiger partial charge in [-0.05, 0) is 50.8 Å². The fourth-order valence-electron chi connectivity index (χ4n) is 2.80. The van der Waals surface area contributed by atoms with Crippen molar-refractivity contribution >= 4 is 0 Å². The van der Waals surface area contributed by atoms with Crippen molar-refractivity contribution in [3.8, 4) is 0 Å². The molecule has 2 atom stereocenters. The molecule has 1 aliphatic rings. The summed E-state index contributed by atoms with van der Waals surface area (Å²) in [5.74, 6) is -0.907. The lowest BCUT2D eigenvalue weighted by Gasteiger charge is -2.20. The monoisotopic (exact) mass is 283 g/mol. The number of halogens is 2. The minimum Gasteiger partial charge on any atom is -0.378 e. The van der Waals surface area contributed by atoms with Crippen LogP contribution < -0.4 is 5.32 Å². The molecular formula is C16H23F2NO. The summed E-state index contributed by atoms with van der Waals surface area (Å²) in [5.41, 5.74) is 0.186. The zero-order valence-electron chi connectivity index (χ0n) is 12.0. The van der Waals surface area contributed by atoms with Crippen molar-refractivity contribution < 1.29 is 13.5 Å². The molecule has 0 amide bonds. The van der Waals surface area contributed by atoms with Gasteiger partial charge in [0, 0.05) is 18.2 Å². The van der Waals surface area contributed by atoms with Crippen LogP contribution in [0.5, 0.6) is 0 Å². The lowest BCUT2D eigenvalue weighted by molar-refractivity contribution is 0.0995. The van der Waals surface area contributed by atoms with Crippen LogP contribution in [0.25, 0.3) is 0 Å². The van der Waals surface area contributed by atoms with Gasteiger partial charge in [0.05, 0.1) is 6.10 Å². The summed E-state index contributed by atoms with van der Waals surface area (Å²) in [6, 6.07) is 4.14. The van der Waals surface area contributed by atoms with Gasteiger partial charge in [0.25, 0.3) is 0 Å². The van der Waals surface area contributed by atoms with Crippen LogP contribution in [0, 0.1) is 11.6 Å².